The van der Waals surface area contributed by atoms with Crippen molar-refractivity contribution in [1.29, 1.82) is 0 Å². The van der Waals surface area contributed by atoms with Crippen molar-refractivity contribution >= 4 is 11.7 Å². The number of ether oxygens (including phenoxy) is 1. The Morgan fingerprint density at radius 1 is 1.20 bits per heavy atom. The summed E-state index contributed by atoms with van der Waals surface area (Å²) in [5.74, 6) is 1.61. The van der Waals surface area contributed by atoms with Gasteiger partial charge in [-0.1, -0.05) is 18.2 Å². The van der Waals surface area contributed by atoms with Crippen molar-refractivity contribution in [1.82, 2.24) is 19.7 Å². The molecule has 4 rings (SSSR count). The number of benzene rings is 1. The summed E-state index contributed by atoms with van der Waals surface area (Å²) in [6.45, 7) is 1.93. The second-order valence-electron chi connectivity index (χ2n) is 5.86. The van der Waals surface area contributed by atoms with Gasteiger partial charge in [0.25, 0.3) is 5.95 Å². The van der Waals surface area contributed by atoms with E-state index in [1.807, 2.05) is 31.2 Å². The number of rotatable bonds is 3. The summed E-state index contributed by atoms with van der Waals surface area (Å²) in [7, 11) is 1.64. The summed E-state index contributed by atoms with van der Waals surface area (Å²) in [6, 6.07) is 9.50. The normalized spacial score (nSPS) is 16.2. The number of hydrogen-bond donors (Lipinski definition) is 1. The van der Waals surface area contributed by atoms with Crippen molar-refractivity contribution in [2.24, 2.45) is 0 Å². The molecule has 126 valence electrons. The quantitative estimate of drug-likeness (QED) is 0.795. The zero-order chi connectivity index (χ0) is 17.4. The van der Waals surface area contributed by atoms with Crippen LogP contribution in [0.15, 0.2) is 42.7 Å². The molecular formula is C18H17N5O2. The molecule has 3 aromatic rings. The lowest BCUT2D eigenvalue weighted by Crippen LogP contribution is -2.25. The van der Waals surface area contributed by atoms with Gasteiger partial charge in [-0.05, 0) is 19.1 Å². The number of nitrogens with zero attached hydrogens (tertiary/aromatic N) is 4. The zero-order valence-electron chi connectivity index (χ0n) is 13.9. The molecule has 1 aliphatic rings. The maximum atomic E-state index is 12.4. The highest BCUT2D eigenvalue weighted by molar-refractivity contribution is 5.95. The number of fused-ring (bicyclic) bond motifs is 1. The van der Waals surface area contributed by atoms with Crippen molar-refractivity contribution < 1.29 is 9.53 Å². The van der Waals surface area contributed by atoms with Crippen LogP contribution in [-0.2, 0) is 4.79 Å². The molecule has 0 bridgehead atoms. The maximum absolute atomic E-state index is 12.4. The van der Waals surface area contributed by atoms with Gasteiger partial charge in [0.05, 0.1) is 12.8 Å². The Morgan fingerprint density at radius 3 is 2.72 bits per heavy atom. The summed E-state index contributed by atoms with van der Waals surface area (Å²) < 4.78 is 7.08. The number of carbonyl (C=O) groups is 1. The Morgan fingerprint density at radius 2 is 1.96 bits per heavy atom. The molecule has 1 atom stereocenters. The van der Waals surface area contributed by atoms with Crippen molar-refractivity contribution in [3.05, 3.63) is 59.5 Å². The molecule has 1 aromatic carbocycles. The monoisotopic (exact) mass is 335 g/mol. The van der Waals surface area contributed by atoms with Crippen LogP contribution >= 0.6 is 0 Å². The number of aromatic nitrogens is 4. The largest absolute Gasteiger partial charge is 0.496 e. The Bertz CT molecular complexity index is 936. The van der Waals surface area contributed by atoms with E-state index < -0.39 is 0 Å². The van der Waals surface area contributed by atoms with E-state index in [9.17, 15) is 4.79 Å². The van der Waals surface area contributed by atoms with Crippen LogP contribution in [0.5, 0.6) is 5.75 Å². The van der Waals surface area contributed by atoms with E-state index in [1.165, 1.54) is 0 Å². The second kappa shape index (κ2) is 6.01. The molecule has 0 unspecified atom stereocenters. The van der Waals surface area contributed by atoms with E-state index in [0.29, 0.717) is 18.2 Å². The van der Waals surface area contributed by atoms with Gasteiger partial charge in [0, 0.05) is 35.9 Å². The minimum Gasteiger partial charge on any atom is -0.496 e. The fraction of sp³-hybridized carbons (Fsp3) is 0.222. The molecular weight excluding hydrogens is 318 g/mol. The van der Waals surface area contributed by atoms with Gasteiger partial charge in [0.2, 0.25) is 5.91 Å². The molecule has 7 nitrogen and oxygen atoms in total. The fourth-order valence-electron chi connectivity index (χ4n) is 3.31. The van der Waals surface area contributed by atoms with Crippen LogP contribution in [0.3, 0.4) is 0 Å². The first-order valence-corrected chi connectivity index (χ1v) is 7.98. The molecule has 0 spiro atoms. The number of anilines is 1. The first-order chi connectivity index (χ1) is 12.2. The number of aryl methyl sites for hydroxylation is 1. The molecule has 1 N–H and O–H groups in total. The van der Waals surface area contributed by atoms with Crippen LogP contribution < -0.4 is 10.1 Å². The third-order valence-electron chi connectivity index (χ3n) is 4.36. The van der Waals surface area contributed by atoms with Gasteiger partial charge in [-0.2, -0.15) is 9.78 Å². The molecule has 3 heterocycles. The van der Waals surface area contributed by atoms with Gasteiger partial charge in [0.15, 0.2) is 0 Å². The highest BCUT2D eigenvalue weighted by Gasteiger charge is 2.34. The van der Waals surface area contributed by atoms with Gasteiger partial charge < -0.3 is 10.1 Å². The van der Waals surface area contributed by atoms with Crippen LogP contribution in [0, 0.1) is 6.92 Å². The van der Waals surface area contributed by atoms with Crippen LogP contribution in [0.2, 0.25) is 0 Å². The average molecular weight is 335 g/mol. The van der Waals surface area contributed by atoms with Crippen molar-refractivity contribution in [2.75, 3.05) is 12.4 Å². The first kappa shape index (κ1) is 15.3. The third kappa shape index (κ3) is 2.53. The topological polar surface area (TPSA) is 81.9 Å². The number of nitrogens with one attached hydrogen (secondary N) is 1. The van der Waals surface area contributed by atoms with Gasteiger partial charge in [0.1, 0.15) is 11.6 Å². The summed E-state index contributed by atoms with van der Waals surface area (Å²) in [4.78, 5) is 20.8. The Hall–Kier alpha value is -3.22. The van der Waals surface area contributed by atoms with Gasteiger partial charge >= 0.3 is 0 Å². The highest BCUT2D eigenvalue weighted by Crippen LogP contribution is 2.42. The van der Waals surface area contributed by atoms with Gasteiger partial charge in [-0.15, -0.1) is 0 Å². The minimum atomic E-state index is -0.127. The predicted molar refractivity (Wildman–Crippen MR) is 92.0 cm³/mol. The highest BCUT2D eigenvalue weighted by atomic mass is 16.5. The van der Waals surface area contributed by atoms with Crippen LogP contribution in [0.4, 0.5) is 5.82 Å². The van der Waals surface area contributed by atoms with Gasteiger partial charge in [-0.25, -0.2) is 9.97 Å². The lowest BCUT2D eigenvalue weighted by atomic mass is 9.85. The molecule has 0 saturated carbocycles. The minimum absolute atomic E-state index is 0.0690. The SMILES string of the molecule is COc1ccccc1[C@H]1CC(=O)Nc2c1c(C)nn2-c1ncccn1. The molecule has 2 aromatic heterocycles. The molecule has 25 heavy (non-hydrogen) atoms. The molecule has 0 saturated heterocycles. The lowest BCUT2D eigenvalue weighted by Gasteiger charge is -2.25. The van der Waals surface area contributed by atoms with E-state index in [2.05, 4.69) is 20.4 Å². The summed E-state index contributed by atoms with van der Waals surface area (Å²) in [6.07, 6.45) is 3.64. The number of carbonyl (C=O) groups excluding carboxylic acids is 1. The van der Waals surface area contributed by atoms with E-state index in [1.54, 1.807) is 30.3 Å². The van der Waals surface area contributed by atoms with E-state index in [-0.39, 0.29) is 11.8 Å². The molecule has 0 aliphatic carbocycles. The summed E-state index contributed by atoms with van der Waals surface area (Å²) in [5.41, 5.74) is 2.77. The van der Waals surface area contributed by atoms with Crippen molar-refractivity contribution in [3.63, 3.8) is 0 Å². The van der Waals surface area contributed by atoms with Crippen molar-refractivity contribution in [3.8, 4) is 11.7 Å². The van der Waals surface area contributed by atoms with Crippen LogP contribution in [0.1, 0.15) is 29.2 Å². The van der Waals surface area contributed by atoms with Crippen LogP contribution in [-0.4, -0.2) is 32.8 Å². The Balaban J connectivity index is 1.90. The Labute approximate surface area is 144 Å². The standard InChI is InChI=1S/C18H17N5O2/c1-11-16-13(12-6-3-4-7-14(12)25-2)10-15(24)21-17(16)23(22-11)18-19-8-5-9-20-18/h3-9,13H,10H2,1-2H3,(H,21,24)/t13-/m1/s1. The van der Waals surface area contributed by atoms with Crippen molar-refractivity contribution in [2.45, 2.75) is 19.3 Å². The smallest absolute Gasteiger partial charge is 0.252 e. The molecule has 1 amide bonds. The summed E-state index contributed by atoms with van der Waals surface area (Å²) >= 11 is 0. The molecule has 1 aliphatic heterocycles. The van der Waals surface area contributed by atoms with Crippen LogP contribution in [0.25, 0.3) is 5.95 Å². The lowest BCUT2D eigenvalue weighted by molar-refractivity contribution is -0.116. The molecule has 0 fully saturated rings. The predicted octanol–water partition coefficient (Wildman–Crippen LogP) is 2.45. The first-order valence-electron chi connectivity index (χ1n) is 7.98. The second-order valence-corrected chi connectivity index (χ2v) is 5.86. The fourth-order valence-corrected chi connectivity index (χ4v) is 3.31. The molecule has 0 radical (unpaired) electrons. The average Bonchev–Trinajstić information content (AvgIpc) is 2.98. The van der Waals surface area contributed by atoms with Gasteiger partial charge in [-0.3, -0.25) is 4.79 Å². The number of para-hydroxylation sites is 1. The van der Waals surface area contributed by atoms with E-state index in [0.717, 1.165) is 22.6 Å². The number of methoxy groups -OCH3 is 1. The van der Waals surface area contributed by atoms with E-state index >= 15 is 0 Å². The maximum Gasteiger partial charge on any atom is 0.252 e. The molecule has 7 heteroatoms. The number of amides is 1. The summed E-state index contributed by atoms with van der Waals surface area (Å²) in [5, 5.41) is 7.49. The number of hydrogen-bond acceptors (Lipinski definition) is 5. The van der Waals surface area contributed by atoms with E-state index in [4.69, 9.17) is 4.74 Å². The zero-order valence-corrected chi connectivity index (χ0v) is 13.9. The Kier molecular flexibility index (Phi) is 3.68. The third-order valence-corrected chi connectivity index (χ3v) is 4.36.